The summed E-state index contributed by atoms with van der Waals surface area (Å²) < 4.78 is 67.0. The maximum absolute atomic E-state index is 12.7. The lowest BCUT2D eigenvalue weighted by molar-refractivity contribution is -0.137. The van der Waals surface area contributed by atoms with Crippen molar-refractivity contribution in [3.63, 3.8) is 0 Å². The minimum atomic E-state index is -4.48. The van der Waals surface area contributed by atoms with Crippen LogP contribution in [0.3, 0.4) is 0 Å². The molecule has 3 rings (SSSR count). The van der Waals surface area contributed by atoms with Gasteiger partial charge in [0, 0.05) is 37.9 Å². The van der Waals surface area contributed by atoms with Gasteiger partial charge in [-0.3, -0.25) is 0 Å². The predicted molar refractivity (Wildman–Crippen MR) is 99.2 cm³/mol. The van der Waals surface area contributed by atoms with Crippen LogP contribution in [0.1, 0.15) is 44.0 Å². The molecule has 28 heavy (non-hydrogen) atoms. The molecule has 154 valence electrons. The Bertz CT molecular complexity index is 897. The lowest BCUT2D eigenvalue weighted by Gasteiger charge is -2.31. The van der Waals surface area contributed by atoms with Gasteiger partial charge in [-0.2, -0.15) is 17.5 Å². The smallest absolute Gasteiger partial charge is 0.334 e. The highest BCUT2D eigenvalue weighted by molar-refractivity contribution is 7.89. The Morgan fingerprint density at radius 2 is 1.75 bits per heavy atom. The molecule has 0 radical (unpaired) electrons. The fourth-order valence-electron chi connectivity index (χ4n) is 3.55. The van der Waals surface area contributed by atoms with Gasteiger partial charge in [0.15, 0.2) is 0 Å². The van der Waals surface area contributed by atoms with E-state index < -0.39 is 21.8 Å². The SMILES string of the molecule is CC(C)c1nccn1CC1CCN(S(=O)(=O)c2ccc(C(F)(F)F)cc2)CC1. The Kier molecular flexibility index (Phi) is 5.86. The summed E-state index contributed by atoms with van der Waals surface area (Å²) in [4.78, 5) is 4.27. The van der Waals surface area contributed by atoms with Gasteiger partial charge in [-0.25, -0.2) is 13.4 Å². The minimum Gasteiger partial charge on any atom is -0.334 e. The first kappa shape index (κ1) is 20.9. The number of nitrogens with zero attached hydrogens (tertiary/aromatic N) is 3. The molecule has 1 aromatic carbocycles. The van der Waals surface area contributed by atoms with Crippen LogP contribution in [0.25, 0.3) is 0 Å². The number of halogens is 3. The van der Waals surface area contributed by atoms with Gasteiger partial charge in [0.25, 0.3) is 0 Å². The number of hydrogen-bond acceptors (Lipinski definition) is 3. The van der Waals surface area contributed by atoms with E-state index in [4.69, 9.17) is 0 Å². The molecule has 0 spiro atoms. The zero-order chi connectivity index (χ0) is 20.5. The molecule has 1 aliphatic heterocycles. The molecule has 0 N–H and O–H groups in total. The van der Waals surface area contributed by atoms with E-state index >= 15 is 0 Å². The van der Waals surface area contributed by atoms with Crippen LogP contribution in [0, 0.1) is 5.92 Å². The van der Waals surface area contributed by atoms with E-state index in [1.165, 1.54) is 4.31 Å². The number of hydrogen-bond donors (Lipinski definition) is 0. The molecule has 0 bridgehead atoms. The molecule has 0 amide bonds. The van der Waals surface area contributed by atoms with Crippen molar-refractivity contribution in [2.45, 2.75) is 50.2 Å². The van der Waals surface area contributed by atoms with Gasteiger partial charge in [-0.15, -0.1) is 0 Å². The van der Waals surface area contributed by atoms with Crippen LogP contribution in [0.2, 0.25) is 0 Å². The van der Waals surface area contributed by atoms with Crippen molar-refractivity contribution in [2.24, 2.45) is 5.92 Å². The van der Waals surface area contributed by atoms with Crippen molar-refractivity contribution >= 4 is 10.0 Å². The highest BCUT2D eigenvalue weighted by Gasteiger charge is 2.33. The fourth-order valence-corrected chi connectivity index (χ4v) is 5.02. The van der Waals surface area contributed by atoms with Crippen LogP contribution in [-0.4, -0.2) is 35.4 Å². The van der Waals surface area contributed by atoms with Gasteiger partial charge in [0.05, 0.1) is 10.5 Å². The number of piperidine rings is 1. The fraction of sp³-hybridized carbons (Fsp3) is 0.526. The molecule has 0 unspecified atom stereocenters. The third-order valence-electron chi connectivity index (χ3n) is 5.11. The van der Waals surface area contributed by atoms with Gasteiger partial charge in [0.2, 0.25) is 10.0 Å². The van der Waals surface area contributed by atoms with Gasteiger partial charge in [-0.05, 0) is 43.0 Å². The Morgan fingerprint density at radius 3 is 2.29 bits per heavy atom. The molecule has 2 heterocycles. The molecule has 0 saturated carbocycles. The molecule has 1 aromatic heterocycles. The van der Waals surface area contributed by atoms with Crippen molar-refractivity contribution < 1.29 is 21.6 Å². The second-order valence-corrected chi connectivity index (χ2v) is 9.40. The molecule has 9 heteroatoms. The molecule has 1 fully saturated rings. The van der Waals surface area contributed by atoms with Crippen LogP contribution in [-0.2, 0) is 22.7 Å². The van der Waals surface area contributed by atoms with Gasteiger partial charge < -0.3 is 4.57 Å². The van der Waals surface area contributed by atoms with Crippen LogP contribution >= 0.6 is 0 Å². The maximum Gasteiger partial charge on any atom is 0.416 e. The Labute approximate surface area is 163 Å². The quantitative estimate of drug-likeness (QED) is 0.738. The maximum atomic E-state index is 12.7. The highest BCUT2D eigenvalue weighted by Crippen LogP contribution is 2.31. The number of rotatable bonds is 5. The van der Waals surface area contributed by atoms with Crippen LogP contribution in [0.15, 0.2) is 41.6 Å². The molecule has 5 nitrogen and oxygen atoms in total. The third kappa shape index (κ3) is 4.41. The summed E-state index contributed by atoms with van der Waals surface area (Å²) in [5.41, 5.74) is -0.855. The first-order valence-electron chi connectivity index (χ1n) is 9.27. The van der Waals surface area contributed by atoms with E-state index in [9.17, 15) is 21.6 Å². The van der Waals surface area contributed by atoms with Crippen molar-refractivity contribution in [1.82, 2.24) is 13.9 Å². The highest BCUT2D eigenvalue weighted by atomic mass is 32.2. The number of benzene rings is 1. The molecular formula is C19H24F3N3O2S. The number of alkyl halides is 3. The first-order valence-corrected chi connectivity index (χ1v) is 10.7. The Balaban J connectivity index is 1.64. The van der Waals surface area contributed by atoms with E-state index in [-0.39, 0.29) is 4.90 Å². The van der Waals surface area contributed by atoms with E-state index in [1.807, 2.05) is 6.20 Å². The van der Waals surface area contributed by atoms with Crippen molar-refractivity contribution in [2.75, 3.05) is 13.1 Å². The van der Waals surface area contributed by atoms with Crippen molar-refractivity contribution in [3.8, 4) is 0 Å². The van der Waals surface area contributed by atoms with E-state index in [2.05, 4.69) is 23.4 Å². The summed E-state index contributed by atoms with van der Waals surface area (Å²) in [5.74, 6) is 1.67. The van der Waals surface area contributed by atoms with Crippen LogP contribution in [0.4, 0.5) is 13.2 Å². The zero-order valence-corrected chi connectivity index (χ0v) is 16.7. The topological polar surface area (TPSA) is 55.2 Å². The second kappa shape index (κ2) is 7.87. The van der Waals surface area contributed by atoms with Gasteiger partial charge in [-0.1, -0.05) is 13.8 Å². The molecular weight excluding hydrogens is 391 g/mol. The molecule has 0 aliphatic carbocycles. The number of imidazole rings is 1. The summed E-state index contributed by atoms with van der Waals surface area (Å²) in [5, 5.41) is 0. The van der Waals surface area contributed by atoms with Crippen LogP contribution in [0.5, 0.6) is 0 Å². The Hall–Kier alpha value is -1.87. The number of aromatic nitrogens is 2. The molecule has 2 aromatic rings. The average Bonchev–Trinajstić information content (AvgIpc) is 3.10. The first-order chi connectivity index (χ1) is 13.1. The van der Waals surface area contributed by atoms with Gasteiger partial charge >= 0.3 is 6.18 Å². The van der Waals surface area contributed by atoms with E-state index in [0.717, 1.165) is 36.6 Å². The summed E-state index contributed by atoms with van der Waals surface area (Å²) in [6.45, 7) is 5.68. The standard InChI is InChI=1S/C19H24F3N3O2S/c1-14(2)18-23-9-12-24(18)13-15-7-10-25(11-8-15)28(26,27)17-5-3-16(4-6-17)19(20,21)22/h3-6,9,12,14-15H,7-8,10-11,13H2,1-2H3. The predicted octanol–water partition coefficient (Wildman–Crippen LogP) is 4.13. The monoisotopic (exact) mass is 415 g/mol. The van der Waals surface area contributed by atoms with Gasteiger partial charge in [0.1, 0.15) is 5.82 Å². The average molecular weight is 415 g/mol. The second-order valence-electron chi connectivity index (χ2n) is 7.46. The third-order valence-corrected chi connectivity index (χ3v) is 7.02. The number of sulfonamides is 1. The normalized spacial score (nSPS) is 17.4. The molecule has 1 saturated heterocycles. The lowest BCUT2D eigenvalue weighted by Crippen LogP contribution is -2.39. The summed E-state index contributed by atoms with van der Waals surface area (Å²) in [7, 11) is -3.78. The minimum absolute atomic E-state index is 0.101. The van der Waals surface area contributed by atoms with E-state index in [0.29, 0.717) is 37.8 Å². The van der Waals surface area contributed by atoms with Crippen molar-refractivity contribution in [1.29, 1.82) is 0 Å². The van der Waals surface area contributed by atoms with E-state index in [1.54, 1.807) is 6.20 Å². The Morgan fingerprint density at radius 1 is 1.14 bits per heavy atom. The lowest BCUT2D eigenvalue weighted by atomic mass is 9.98. The largest absolute Gasteiger partial charge is 0.416 e. The summed E-state index contributed by atoms with van der Waals surface area (Å²) in [6, 6.07) is 3.69. The summed E-state index contributed by atoms with van der Waals surface area (Å²) in [6.07, 6.45) is 0.647. The van der Waals surface area contributed by atoms with Crippen LogP contribution < -0.4 is 0 Å². The molecule has 1 aliphatic rings. The summed E-state index contributed by atoms with van der Waals surface area (Å²) >= 11 is 0. The van der Waals surface area contributed by atoms with Crippen molar-refractivity contribution in [3.05, 3.63) is 48.0 Å². The zero-order valence-electron chi connectivity index (χ0n) is 15.9. The molecule has 0 atom stereocenters.